The molecule has 0 radical (unpaired) electrons. The summed E-state index contributed by atoms with van der Waals surface area (Å²) in [6.45, 7) is 7.76. The molecule has 2 N–H and O–H groups in total. The number of piperazine rings is 1. The van der Waals surface area contributed by atoms with Gasteiger partial charge in [-0.3, -0.25) is 9.69 Å². The number of carbonyl (C=O) groups excluding carboxylic acids is 1. The number of aromatic nitrogens is 1. The Morgan fingerprint density at radius 1 is 1.50 bits per heavy atom. The average Bonchev–Trinajstić information content (AvgIpc) is 2.37. The molecular weight excluding hydrogens is 228 g/mol. The van der Waals surface area contributed by atoms with E-state index in [0.29, 0.717) is 17.6 Å². The van der Waals surface area contributed by atoms with Gasteiger partial charge in [-0.15, -0.1) is 0 Å². The molecule has 1 aromatic heterocycles. The summed E-state index contributed by atoms with van der Waals surface area (Å²) in [6.07, 6.45) is 0. The lowest BCUT2D eigenvalue weighted by Gasteiger charge is -2.39. The summed E-state index contributed by atoms with van der Waals surface area (Å²) in [5.74, 6) is 0.367. The summed E-state index contributed by atoms with van der Waals surface area (Å²) in [6, 6.07) is 5.57. The van der Waals surface area contributed by atoms with E-state index in [-0.39, 0.29) is 5.91 Å². The maximum Gasteiger partial charge on any atom is 0.272 e. The predicted octanol–water partition coefficient (Wildman–Crippen LogP) is 0.830. The van der Waals surface area contributed by atoms with E-state index in [9.17, 15) is 4.79 Å². The van der Waals surface area contributed by atoms with Crippen molar-refractivity contribution >= 4 is 11.7 Å². The Morgan fingerprint density at radius 3 is 2.89 bits per heavy atom. The Bertz CT molecular complexity index is 435. The number of rotatable bonds is 2. The molecular formula is C13H20N4O. The number of nitrogens with zero attached hydrogens (tertiary/aromatic N) is 3. The van der Waals surface area contributed by atoms with Crippen LogP contribution < -0.4 is 5.73 Å². The number of carbonyl (C=O) groups is 1. The van der Waals surface area contributed by atoms with E-state index in [1.807, 2.05) is 4.90 Å². The first-order valence-corrected chi connectivity index (χ1v) is 6.37. The lowest BCUT2D eigenvalue weighted by molar-refractivity contribution is 0.0523. The van der Waals surface area contributed by atoms with Crippen LogP contribution in [0.5, 0.6) is 0 Å². The molecule has 1 aliphatic heterocycles. The molecule has 1 atom stereocenters. The van der Waals surface area contributed by atoms with Gasteiger partial charge in [0.2, 0.25) is 0 Å². The van der Waals surface area contributed by atoms with Gasteiger partial charge in [0, 0.05) is 25.7 Å². The number of pyridine rings is 1. The topological polar surface area (TPSA) is 62.5 Å². The molecule has 5 nitrogen and oxygen atoms in total. The standard InChI is InChI=1S/C13H20N4O/c1-3-16-7-8-17(9-10(16)2)13(18)11-5-4-6-12(14)15-11/h4-6,10H,3,7-9H2,1-2H3,(H2,14,15). The second-order valence-corrected chi connectivity index (χ2v) is 4.68. The average molecular weight is 248 g/mol. The summed E-state index contributed by atoms with van der Waals surface area (Å²) < 4.78 is 0. The van der Waals surface area contributed by atoms with Gasteiger partial charge >= 0.3 is 0 Å². The molecule has 0 aliphatic carbocycles. The first-order valence-electron chi connectivity index (χ1n) is 6.37. The van der Waals surface area contributed by atoms with Gasteiger partial charge in [-0.1, -0.05) is 13.0 Å². The Hall–Kier alpha value is -1.62. The highest BCUT2D eigenvalue weighted by atomic mass is 16.2. The maximum absolute atomic E-state index is 12.3. The molecule has 0 spiro atoms. The largest absolute Gasteiger partial charge is 0.384 e. The molecule has 5 heteroatoms. The van der Waals surface area contributed by atoms with Crippen molar-refractivity contribution in [2.45, 2.75) is 19.9 Å². The first-order chi connectivity index (χ1) is 8.61. The van der Waals surface area contributed by atoms with Crippen LogP contribution in [0.4, 0.5) is 5.82 Å². The van der Waals surface area contributed by atoms with E-state index in [0.717, 1.165) is 26.2 Å². The van der Waals surface area contributed by atoms with Crippen LogP contribution in [-0.4, -0.2) is 52.9 Å². The fourth-order valence-electron chi connectivity index (χ4n) is 2.38. The summed E-state index contributed by atoms with van der Waals surface area (Å²) in [5, 5.41) is 0. The van der Waals surface area contributed by atoms with E-state index in [1.54, 1.807) is 18.2 Å². The Kier molecular flexibility index (Phi) is 3.81. The summed E-state index contributed by atoms with van der Waals surface area (Å²) in [5.41, 5.74) is 6.04. The van der Waals surface area contributed by atoms with Gasteiger partial charge in [0.15, 0.2) is 0 Å². The van der Waals surface area contributed by atoms with Crippen molar-refractivity contribution in [3.63, 3.8) is 0 Å². The summed E-state index contributed by atoms with van der Waals surface area (Å²) >= 11 is 0. The second-order valence-electron chi connectivity index (χ2n) is 4.68. The molecule has 2 heterocycles. The van der Waals surface area contributed by atoms with Crippen molar-refractivity contribution in [2.24, 2.45) is 0 Å². The van der Waals surface area contributed by atoms with Crippen molar-refractivity contribution in [3.8, 4) is 0 Å². The number of nitrogens with two attached hydrogens (primary N) is 1. The number of nitrogen functional groups attached to an aromatic ring is 1. The van der Waals surface area contributed by atoms with Crippen LogP contribution in [0.15, 0.2) is 18.2 Å². The molecule has 1 amide bonds. The third-order valence-corrected chi connectivity index (χ3v) is 3.45. The molecule has 98 valence electrons. The molecule has 0 aromatic carbocycles. The van der Waals surface area contributed by atoms with Crippen LogP contribution in [0.25, 0.3) is 0 Å². The lowest BCUT2D eigenvalue weighted by Crippen LogP contribution is -2.53. The smallest absolute Gasteiger partial charge is 0.272 e. The molecule has 18 heavy (non-hydrogen) atoms. The number of likely N-dealkylation sites (N-methyl/N-ethyl adjacent to an activating group) is 1. The quantitative estimate of drug-likeness (QED) is 0.842. The van der Waals surface area contributed by atoms with Crippen molar-refractivity contribution < 1.29 is 4.79 Å². The van der Waals surface area contributed by atoms with Crippen molar-refractivity contribution in [3.05, 3.63) is 23.9 Å². The molecule has 0 bridgehead atoms. The molecule has 1 saturated heterocycles. The highest BCUT2D eigenvalue weighted by Gasteiger charge is 2.26. The van der Waals surface area contributed by atoms with Crippen LogP contribution >= 0.6 is 0 Å². The molecule has 2 rings (SSSR count). The number of amides is 1. The second kappa shape index (κ2) is 5.35. The van der Waals surface area contributed by atoms with E-state index < -0.39 is 0 Å². The van der Waals surface area contributed by atoms with Gasteiger partial charge in [0.25, 0.3) is 5.91 Å². The van der Waals surface area contributed by atoms with Crippen molar-refractivity contribution in [1.29, 1.82) is 0 Å². The Labute approximate surface area is 108 Å². The number of anilines is 1. The minimum absolute atomic E-state index is 0.0232. The van der Waals surface area contributed by atoms with Crippen LogP contribution in [0.3, 0.4) is 0 Å². The van der Waals surface area contributed by atoms with Gasteiger partial charge in [0.1, 0.15) is 11.5 Å². The third-order valence-electron chi connectivity index (χ3n) is 3.45. The fourth-order valence-corrected chi connectivity index (χ4v) is 2.38. The van der Waals surface area contributed by atoms with Gasteiger partial charge in [0.05, 0.1) is 0 Å². The number of hydrogen-bond acceptors (Lipinski definition) is 4. The Morgan fingerprint density at radius 2 is 2.28 bits per heavy atom. The zero-order valence-corrected chi connectivity index (χ0v) is 11.0. The zero-order chi connectivity index (χ0) is 13.1. The van der Waals surface area contributed by atoms with E-state index >= 15 is 0 Å². The normalized spacial score (nSPS) is 21.0. The zero-order valence-electron chi connectivity index (χ0n) is 11.0. The third kappa shape index (κ3) is 2.61. The molecule has 0 saturated carbocycles. The maximum atomic E-state index is 12.3. The Balaban J connectivity index is 2.07. The van der Waals surface area contributed by atoms with Crippen LogP contribution in [0, 0.1) is 0 Å². The predicted molar refractivity (Wildman–Crippen MR) is 71.3 cm³/mol. The summed E-state index contributed by atoms with van der Waals surface area (Å²) in [4.78, 5) is 20.6. The number of hydrogen-bond donors (Lipinski definition) is 1. The van der Waals surface area contributed by atoms with Crippen LogP contribution in [0.1, 0.15) is 24.3 Å². The molecule has 1 unspecified atom stereocenters. The minimum atomic E-state index is -0.0232. The minimum Gasteiger partial charge on any atom is -0.384 e. The lowest BCUT2D eigenvalue weighted by atomic mass is 10.1. The van der Waals surface area contributed by atoms with Crippen molar-refractivity contribution in [2.75, 3.05) is 31.9 Å². The highest BCUT2D eigenvalue weighted by Crippen LogP contribution is 2.12. The van der Waals surface area contributed by atoms with Gasteiger partial charge in [-0.05, 0) is 25.6 Å². The molecule has 1 aliphatic rings. The molecule has 1 fully saturated rings. The fraction of sp³-hybridized carbons (Fsp3) is 0.538. The van der Waals surface area contributed by atoms with Gasteiger partial charge in [-0.2, -0.15) is 0 Å². The first kappa shape index (κ1) is 12.8. The molecule has 1 aromatic rings. The highest BCUT2D eigenvalue weighted by molar-refractivity contribution is 5.92. The SMILES string of the molecule is CCN1CCN(C(=O)c2cccc(N)n2)CC1C. The van der Waals surface area contributed by atoms with Crippen molar-refractivity contribution in [1.82, 2.24) is 14.8 Å². The monoisotopic (exact) mass is 248 g/mol. The van der Waals surface area contributed by atoms with E-state index in [2.05, 4.69) is 23.7 Å². The van der Waals surface area contributed by atoms with Gasteiger partial charge < -0.3 is 10.6 Å². The van der Waals surface area contributed by atoms with E-state index in [1.165, 1.54) is 0 Å². The van der Waals surface area contributed by atoms with Crippen LogP contribution in [-0.2, 0) is 0 Å². The van der Waals surface area contributed by atoms with E-state index in [4.69, 9.17) is 5.73 Å². The van der Waals surface area contributed by atoms with Gasteiger partial charge in [-0.25, -0.2) is 4.98 Å². The van der Waals surface area contributed by atoms with Crippen LogP contribution in [0.2, 0.25) is 0 Å². The summed E-state index contributed by atoms with van der Waals surface area (Å²) in [7, 11) is 0.